The quantitative estimate of drug-likeness (QED) is 0.742. The van der Waals surface area contributed by atoms with Gasteiger partial charge >= 0.3 is 0 Å². The highest BCUT2D eigenvalue weighted by Gasteiger charge is 2.63. The first-order chi connectivity index (χ1) is 9.83. The molecule has 0 aliphatic heterocycles. The number of carbonyl (C=O) groups excluding carboxylic acids is 1. The third-order valence-electron chi connectivity index (χ3n) is 6.63. The molecule has 0 aromatic carbocycles. The van der Waals surface area contributed by atoms with Gasteiger partial charge in [0.05, 0.1) is 5.60 Å². The highest BCUT2D eigenvalue weighted by Crippen LogP contribution is 2.63. The van der Waals surface area contributed by atoms with Crippen molar-refractivity contribution in [3.8, 4) is 0 Å². The fourth-order valence-electron chi connectivity index (χ4n) is 5.66. The molecule has 1 N–H and O–H groups in total. The van der Waals surface area contributed by atoms with E-state index in [1.165, 1.54) is 18.4 Å². The lowest BCUT2D eigenvalue weighted by Gasteiger charge is -2.56. The Kier molecular flexibility index (Phi) is 3.80. The summed E-state index contributed by atoms with van der Waals surface area (Å²) in [5.41, 5.74) is 0.512. The predicted molar refractivity (Wildman–Crippen MR) is 84.8 cm³/mol. The van der Waals surface area contributed by atoms with E-state index in [0.717, 1.165) is 12.8 Å². The molecule has 2 nitrogen and oxygen atoms in total. The van der Waals surface area contributed by atoms with Gasteiger partial charge in [0.2, 0.25) is 0 Å². The Hall–Kier alpha value is -0.630. The maximum atomic E-state index is 12.7. The number of aliphatic hydroxyl groups is 1. The van der Waals surface area contributed by atoms with Gasteiger partial charge in [0.25, 0.3) is 0 Å². The van der Waals surface area contributed by atoms with Crippen molar-refractivity contribution in [2.75, 3.05) is 0 Å². The SMILES string of the molecule is C/C1=C\CC[C@](C)(O)[C@@H]2[C@@H](C(=O)C1)[C@H]1CC[C@@H](C(C)C)[C@H]12. The van der Waals surface area contributed by atoms with Crippen molar-refractivity contribution in [1.29, 1.82) is 0 Å². The largest absolute Gasteiger partial charge is 0.390 e. The molecule has 0 aromatic rings. The average molecular weight is 290 g/mol. The minimum Gasteiger partial charge on any atom is -0.390 e. The number of allylic oxidation sites excluding steroid dienone is 2. The van der Waals surface area contributed by atoms with Crippen molar-refractivity contribution in [3.63, 3.8) is 0 Å². The van der Waals surface area contributed by atoms with Crippen molar-refractivity contribution in [3.05, 3.63) is 11.6 Å². The molecule has 0 unspecified atom stereocenters. The summed E-state index contributed by atoms with van der Waals surface area (Å²) in [7, 11) is 0. The third kappa shape index (κ3) is 2.40. The van der Waals surface area contributed by atoms with Crippen LogP contribution < -0.4 is 0 Å². The number of ketones is 1. The number of Topliss-reactive ketones (excluding diaryl/α,β-unsaturated/α-hetero) is 1. The molecule has 2 heteroatoms. The van der Waals surface area contributed by atoms with Crippen LogP contribution in [0.15, 0.2) is 11.6 Å². The maximum Gasteiger partial charge on any atom is 0.140 e. The van der Waals surface area contributed by atoms with Gasteiger partial charge in [-0.05, 0) is 63.2 Å². The molecule has 118 valence electrons. The van der Waals surface area contributed by atoms with Crippen molar-refractivity contribution in [2.45, 2.75) is 65.4 Å². The van der Waals surface area contributed by atoms with Gasteiger partial charge in [-0.15, -0.1) is 0 Å². The Morgan fingerprint density at radius 2 is 2.05 bits per heavy atom. The second-order valence-corrected chi connectivity index (χ2v) is 8.37. The molecule has 0 aromatic heterocycles. The van der Waals surface area contributed by atoms with Crippen LogP contribution in [0.3, 0.4) is 0 Å². The summed E-state index contributed by atoms with van der Waals surface area (Å²) in [6, 6.07) is 0. The van der Waals surface area contributed by atoms with Gasteiger partial charge < -0.3 is 5.11 Å². The third-order valence-corrected chi connectivity index (χ3v) is 6.63. The molecule has 0 spiro atoms. The average Bonchev–Trinajstić information content (AvgIpc) is 2.67. The zero-order valence-corrected chi connectivity index (χ0v) is 13.9. The summed E-state index contributed by atoms with van der Waals surface area (Å²) < 4.78 is 0. The molecule has 0 amide bonds. The van der Waals surface area contributed by atoms with Gasteiger partial charge in [-0.1, -0.05) is 25.5 Å². The first-order valence-electron chi connectivity index (χ1n) is 8.73. The van der Waals surface area contributed by atoms with Crippen molar-refractivity contribution in [2.24, 2.45) is 35.5 Å². The first kappa shape index (κ1) is 15.3. The minimum absolute atomic E-state index is 0.121. The number of rotatable bonds is 1. The standard InChI is InChI=1S/C19H30O2/c1-11(2)13-7-8-14-16(13)18-17(14)15(20)10-12(3)6-5-9-19(18,4)21/h6,11,13-14,16-18,21H,5,7-10H2,1-4H3/b12-6+/t13-,14-,16+,17+,18-,19-/m0/s1. The topological polar surface area (TPSA) is 37.3 Å². The zero-order chi connectivity index (χ0) is 15.4. The van der Waals surface area contributed by atoms with E-state index in [1.54, 1.807) is 0 Å². The van der Waals surface area contributed by atoms with Crippen LogP contribution in [-0.4, -0.2) is 16.5 Å². The Morgan fingerprint density at radius 3 is 2.71 bits per heavy atom. The smallest absolute Gasteiger partial charge is 0.140 e. The van der Waals surface area contributed by atoms with E-state index in [0.29, 0.717) is 35.9 Å². The highest BCUT2D eigenvalue weighted by atomic mass is 16.3. The number of hydrogen-bond acceptors (Lipinski definition) is 2. The maximum absolute atomic E-state index is 12.7. The van der Waals surface area contributed by atoms with Gasteiger partial charge in [-0.3, -0.25) is 4.79 Å². The van der Waals surface area contributed by atoms with E-state index in [1.807, 2.05) is 6.92 Å². The molecule has 3 rings (SSSR count). The summed E-state index contributed by atoms with van der Waals surface area (Å²) in [6.45, 7) is 8.66. The zero-order valence-electron chi connectivity index (χ0n) is 13.9. The Labute approximate surface area is 129 Å². The molecule has 0 bridgehead atoms. The first-order valence-corrected chi connectivity index (χ1v) is 8.73. The van der Waals surface area contributed by atoms with Gasteiger partial charge in [-0.2, -0.15) is 0 Å². The van der Waals surface area contributed by atoms with E-state index in [4.69, 9.17) is 0 Å². The van der Waals surface area contributed by atoms with Crippen molar-refractivity contribution < 1.29 is 9.90 Å². The molecule has 0 saturated heterocycles. The van der Waals surface area contributed by atoms with Crippen LogP contribution in [0.5, 0.6) is 0 Å². The monoisotopic (exact) mass is 290 g/mol. The summed E-state index contributed by atoms with van der Waals surface area (Å²) in [4.78, 5) is 12.7. The van der Waals surface area contributed by atoms with E-state index in [2.05, 4.69) is 26.8 Å². The summed E-state index contributed by atoms with van der Waals surface area (Å²) in [5, 5.41) is 11.1. The molecular formula is C19H30O2. The number of fused-ring (bicyclic) bond motifs is 4. The molecular weight excluding hydrogens is 260 g/mol. The van der Waals surface area contributed by atoms with Crippen LogP contribution in [0.1, 0.15) is 59.8 Å². The lowest BCUT2D eigenvalue weighted by atomic mass is 9.48. The number of hydrogen-bond donors (Lipinski definition) is 1. The molecule has 0 radical (unpaired) electrons. The number of carbonyl (C=O) groups is 1. The minimum atomic E-state index is -0.680. The van der Waals surface area contributed by atoms with Crippen molar-refractivity contribution in [1.82, 2.24) is 0 Å². The van der Waals surface area contributed by atoms with Gasteiger partial charge in [-0.25, -0.2) is 0 Å². The molecule has 3 aliphatic carbocycles. The van der Waals surface area contributed by atoms with E-state index < -0.39 is 5.60 Å². The van der Waals surface area contributed by atoms with E-state index in [-0.39, 0.29) is 11.8 Å². The summed E-state index contributed by atoms with van der Waals surface area (Å²) in [5.74, 6) is 3.20. The highest BCUT2D eigenvalue weighted by molar-refractivity contribution is 5.85. The lowest BCUT2D eigenvalue weighted by Crippen LogP contribution is -2.59. The molecule has 6 atom stereocenters. The molecule has 21 heavy (non-hydrogen) atoms. The van der Waals surface area contributed by atoms with Gasteiger partial charge in [0.1, 0.15) is 5.78 Å². The normalized spacial score (nSPS) is 49.3. The Morgan fingerprint density at radius 1 is 1.33 bits per heavy atom. The van der Waals surface area contributed by atoms with Gasteiger partial charge in [0.15, 0.2) is 0 Å². The summed E-state index contributed by atoms with van der Waals surface area (Å²) >= 11 is 0. The Bertz CT molecular complexity index is 460. The summed E-state index contributed by atoms with van der Waals surface area (Å²) in [6.07, 6.45) is 6.91. The van der Waals surface area contributed by atoms with Crippen LogP contribution in [0, 0.1) is 35.5 Å². The van der Waals surface area contributed by atoms with Gasteiger partial charge in [0, 0.05) is 18.3 Å². The Balaban J connectivity index is 1.92. The molecule has 0 heterocycles. The fraction of sp³-hybridized carbons (Fsp3) is 0.842. The fourth-order valence-corrected chi connectivity index (χ4v) is 5.66. The van der Waals surface area contributed by atoms with Crippen LogP contribution in [0.4, 0.5) is 0 Å². The molecule has 2 fully saturated rings. The van der Waals surface area contributed by atoms with Crippen LogP contribution in [0.25, 0.3) is 0 Å². The molecule has 3 aliphatic rings. The predicted octanol–water partition coefficient (Wildman–Crippen LogP) is 3.98. The van der Waals surface area contributed by atoms with Crippen LogP contribution >= 0.6 is 0 Å². The second kappa shape index (κ2) is 5.22. The second-order valence-electron chi connectivity index (χ2n) is 8.37. The lowest BCUT2D eigenvalue weighted by molar-refractivity contribution is -0.171. The van der Waals surface area contributed by atoms with Crippen LogP contribution in [0.2, 0.25) is 0 Å². The van der Waals surface area contributed by atoms with E-state index in [9.17, 15) is 9.90 Å². The van der Waals surface area contributed by atoms with Crippen molar-refractivity contribution >= 4 is 5.78 Å². The van der Waals surface area contributed by atoms with Crippen LogP contribution in [-0.2, 0) is 4.79 Å². The molecule has 2 saturated carbocycles. The van der Waals surface area contributed by atoms with E-state index >= 15 is 0 Å².